The molecular weight excluding hydrogens is 164 g/mol. The molecule has 0 unspecified atom stereocenters. The van der Waals surface area contributed by atoms with Gasteiger partial charge in [0.05, 0.1) is 5.69 Å². The Labute approximate surface area is 78.8 Å². The predicted molar refractivity (Wildman–Crippen MR) is 54.3 cm³/mol. The van der Waals surface area contributed by atoms with Crippen molar-refractivity contribution in [1.82, 2.24) is 4.98 Å². The van der Waals surface area contributed by atoms with E-state index < -0.39 is 0 Å². The van der Waals surface area contributed by atoms with Crippen LogP contribution in [0.5, 0.6) is 5.75 Å². The molecule has 0 aromatic carbocycles. The number of anilines is 1. The normalized spacial score (nSPS) is 10.2. The van der Waals surface area contributed by atoms with Gasteiger partial charge in [-0.15, -0.1) is 0 Å². The number of nitrogens with zero attached hydrogens (tertiary/aromatic N) is 1. The second-order valence-corrected chi connectivity index (χ2v) is 3.17. The van der Waals surface area contributed by atoms with Crippen LogP contribution < -0.4 is 5.32 Å². The Bertz CT molecular complexity index is 321. The number of rotatable bonds is 2. The number of hydrogen-bond donors (Lipinski definition) is 2. The van der Waals surface area contributed by atoms with Crippen LogP contribution >= 0.6 is 0 Å². The first kappa shape index (κ1) is 9.84. The first-order valence-corrected chi connectivity index (χ1v) is 4.48. The molecule has 0 aliphatic rings. The molecule has 0 aliphatic carbocycles. The SMILES string of the molecule is CCNc1nc(C)c(O)c(C)c1C. The van der Waals surface area contributed by atoms with Crippen molar-refractivity contribution in [3.05, 3.63) is 16.8 Å². The second-order valence-electron chi connectivity index (χ2n) is 3.17. The molecule has 72 valence electrons. The third kappa shape index (κ3) is 1.74. The average molecular weight is 180 g/mol. The van der Waals surface area contributed by atoms with Gasteiger partial charge in [-0.1, -0.05) is 0 Å². The van der Waals surface area contributed by atoms with E-state index in [0.29, 0.717) is 11.4 Å². The molecule has 3 heteroatoms. The Morgan fingerprint density at radius 2 is 1.85 bits per heavy atom. The first-order valence-electron chi connectivity index (χ1n) is 4.48. The lowest BCUT2D eigenvalue weighted by molar-refractivity contribution is 0.463. The van der Waals surface area contributed by atoms with Crippen molar-refractivity contribution in [2.45, 2.75) is 27.7 Å². The van der Waals surface area contributed by atoms with Gasteiger partial charge in [0.25, 0.3) is 0 Å². The van der Waals surface area contributed by atoms with E-state index in [9.17, 15) is 5.11 Å². The van der Waals surface area contributed by atoms with Crippen LogP contribution in [0.1, 0.15) is 23.7 Å². The molecule has 0 bridgehead atoms. The molecule has 0 amide bonds. The molecule has 1 rings (SSSR count). The van der Waals surface area contributed by atoms with Gasteiger partial charge in [0, 0.05) is 6.54 Å². The van der Waals surface area contributed by atoms with Gasteiger partial charge in [-0.2, -0.15) is 0 Å². The number of aromatic hydroxyl groups is 1. The molecule has 0 fully saturated rings. The minimum atomic E-state index is 0.305. The number of nitrogens with one attached hydrogen (secondary N) is 1. The summed E-state index contributed by atoms with van der Waals surface area (Å²) in [4.78, 5) is 4.26. The van der Waals surface area contributed by atoms with E-state index in [-0.39, 0.29) is 0 Å². The molecule has 0 saturated carbocycles. The highest BCUT2D eigenvalue weighted by Gasteiger charge is 2.09. The van der Waals surface area contributed by atoms with Crippen LogP contribution in [-0.2, 0) is 0 Å². The standard InChI is InChI=1S/C10H16N2O/c1-5-11-10-7(3)6(2)9(13)8(4)12-10/h13H,5H2,1-4H3,(H,11,12). The Hall–Kier alpha value is -1.25. The van der Waals surface area contributed by atoms with Gasteiger partial charge in [0.15, 0.2) is 0 Å². The molecule has 1 heterocycles. The van der Waals surface area contributed by atoms with E-state index in [1.165, 1.54) is 0 Å². The fourth-order valence-corrected chi connectivity index (χ4v) is 1.27. The van der Waals surface area contributed by atoms with E-state index in [1.54, 1.807) is 0 Å². The highest BCUT2D eigenvalue weighted by atomic mass is 16.3. The number of pyridine rings is 1. The minimum absolute atomic E-state index is 0.305. The minimum Gasteiger partial charge on any atom is -0.506 e. The van der Waals surface area contributed by atoms with Crippen LogP contribution in [0.25, 0.3) is 0 Å². The topological polar surface area (TPSA) is 45.2 Å². The maximum absolute atomic E-state index is 9.59. The third-order valence-electron chi connectivity index (χ3n) is 2.24. The van der Waals surface area contributed by atoms with Crippen molar-refractivity contribution in [3.8, 4) is 5.75 Å². The maximum Gasteiger partial charge on any atom is 0.140 e. The van der Waals surface area contributed by atoms with Crippen LogP contribution in [-0.4, -0.2) is 16.6 Å². The monoisotopic (exact) mass is 180 g/mol. The first-order chi connectivity index (χ1) is 6.07. The molecule has 1 aromatic rings. The summed E-state index contributed by atoms with van der Waals surface area (Å²) >= 11 is 0. The summed E-state index contributed by atoms with van der Waals surface area (Å²) in [7, 11) is 0. The molecule has 1 aromatic heterocycles. The average Bonchev–Trinajstić information content (AvgIpc) is 2.11. The van der Waals surface area contributed by atoms with Crippen LogP contribution in [0, 0.1) is 20.8 Å². The fraction of sp³-hybridized carbons (Fsp3) is 0.500. The van der Waals surface area contributed by atoms with Crippen molar-refractivity contribution in [2.75, 3.05) is 11.9 Å². The maximum atomic E-state index is 9.59. The summed E-state index contributed by atoms with van der Waals surface area (Å²) in [6, 6.07) is 0. The van der Waals surface area contributed by atoms with Gasteiger partial charge in [-0.05, 0) is 38.8 Å². The quantitative estimate of drug-likeness (QED) is 0.733. The van der Waals surface area contributed by atoms with Crippen LogP contribution in [0.2, 0.25) is 0 Å². The summed E-state index contributed by atoms with van der Waals surface area (Å²) in [5.74, 6) is 1.18. The summed E-state index contributed by atoms with van der Waals surface area (Å²) in [5, 5.41) is 12.8. The van der Waals surface area contributed by atoms with Crippen molar-refractivity contribution in [1.29, 1.82) is 0 Å². The molecule has 13 heavy (non-hydrogen) atoms. The lowest BCUT2D eigenvalue weighted by Gasteiger charge is -2.12. The Morgan fingerprint density at radius 3 is 2.38 bits per heavy atom. The smallest absolute Gasteiger partial charge is 0.140 e. The molecule has 0 saturated heterocycles. The van der Waals surface area contributed by atoms with Crippen molar-refractivity contribution < 1.29 is 5.11 Å². The summed E-state index contributed by atoms with van der Waals surface area (Å²) in [6.07, 6.45) is 0. The van der Waals surface area contributed by atoms with Gasteiger partial charge in [0.2, 0.25) is 0 Å². The third-order valence-corrected chi connectivity index (χ3v) is 2.24. The Kier molecular flexibility index (Phi) is 2.76. The van der Waals surface area contributed by atoms with E-state index in [1.807, 2.05) is 27.7 Å². The molecule has 0 aliphatic heterocycles. The zero-order valence-corrected chi connectivity index (χ0v) is 8.60. The summed E-state index contributed by atoms with van der Waals surface area (Å²) in [6.45, 7) is 8.54. The molecule has 2 N–H and O–H groups in total. The fourth-order valence-electron chi connectivity index (χ4n) is 1.27. The van der Waals surface area contributed by atoms with E-state index in [2.05, 4.69) is 10.3 Å². The molecule has 0 spiro atoms. The molecule has 3 nitrogen and oxygen atoms in total. The van der Waals surface area contributed by atoms with Crippen LogP contribution in [0.3, 0.4) is 0 Å². The number of hydrogen-bond acceptors (Lipinski definition) is 3. The van der Waals surface area contributed by atoms with Crippen molar-refractivity contribution in [2.24, 2.45) is 0 Å². The molecule has 0 radical (unpaired) electrons. The zero-order chi connectivity index (χ0) is 10.0. The second kappa shape index (κ2) is 3.64. The van der Waals surface area contributed by atoms with Gasteiger partial charge < -0.3 is 10.4 Å². The highest BCUT2D eigenvalue weighted by Crippen LogP contribution is 2.27. The van der Waals surface area contributed by atoms with Gasteiger partial charge >= 0.3 is 0 Å². The molecular formula is C10H16N2O. The molecule has 0 atom stereocenters. The highest BCUT2D eigenvalue weighted by molar-refractivity contribution is 5.54. The van der Waals surface area contributed by atoms with Gasteiger partial charge in [-0.25, -0.2) is 4.98 Å². The summed E-state index contributed by atoms with van der Waals surface area (Å²) in [5.41, 5.74) is 2.60. The predicted octanol–water partition coefficient (Wildman–Crippen LogP) is 2.14. The Morgan fingerprint density at radius 1 is 1.23 bits per heavy atom. The van der Waals surface area contributed by atoms with E-state index >= 15 is 0 Å². The van der Waals surface area contributed by atoms with E-state index in [0.717, 1.165) is 23.5 Å². The van der Waals surface area contributed by atoms with Gasteiger partial charge in [0.1, 0.15) is 11.6 Å². The Balaban J connectivity index is 3.24. The lowest BCUT2D eigenvalue weighted by atomic mass is 10.1. The zero-order valence-electron chi connectivity index (χ0n) is 8.60. The van der Waals surface area contributed by atoms with Crippen molar-refractivity contribution >= 4 is 5.82 Å². The van der Waals surface area contributed by atoms with Crippen LogP contribution in [0.4, 0.5) is 5.82 Å². The lowest BCUT2D eigenvalue weighted by Crippen LogP contribution is -2.04. The van der Waals surface area contributed by atoms with Crippen molar-refractivity contribution in [3.63, 3.8) is 0 Å². The number of aromatic nitrogens is 1. The summed E-state index contributed by atoms with van der Waals surface area (Å²) < 4.78 is 0. The number of aryl methyl sites for hydroxylation is 1. The van der Waals surface area contributed by atoms with Crippen LogP contribution in [0.15, 0.2) is 0 Å². The van der Waals surface area contributed by atoms with Gasteiger partial charge in [-0.3, -0.25) is 0 Å². The largest absolute Gasteiger partial charge is 0.506 e. The van der Waals surface area contributed by atoms with E-state index in [4.69, 9.17) is 0 Å².